The van der Waals surface area contributed by atoms with Gasteiger partial charge in [-0.1, -0.05) is 29.8 Å². The van der Waals surface area contributed by atoms with E-state index in [0.29, 0.717) is 0 Å². The van der Waals surface area contributed by atoms with Gasteiger partial charge in [0.1, 0.15) is 10.6 Å². The highest BCUT2D eigenvalue weighted by Crippen LogP contribution is 2.30. The number of nitrogen functional groups attached to an aromatic ring is 1. The van der Waals surface area contributed by atoms with Crippen molar-refractivity contribution in [3.63, 3.8) is 0 Å². The van der Waals surface area contributed by atoms with Crippen molar-refractivity contribution >= 4 is 27.3 Å². The van der Waals surface area contributed by atoms with Crippen molar-refractivity contribution in [3.8, 4) is 5.75 Å². The normalized spacial score (nSPS) is 11.8. The van der Waals surface area contributed by atoms with Gasteiger partial charge in [0.2, 0.25) is 10.0 Å². The van der Waals surface area contributed by atoms with Crippen molar-refractivity contribution in [2.75, 3.05) is 12.8 Å². The van der Waals surface area contributed by atoms with Gasteiger partial charge in [-0.25, -0.2) is 8.42 Å². The summed E-state index contributed by atoms with van der Waals surface area (Å²) in [4.78, 5) is -0.0899. The Labute approximate surface area is 128 Å². The van der Waals surface area contributed by atoms with E-state index in [-0.39, 0.29) is 27.9 Å². The summed E-state index contributed by atoms with van der Waals surface area (Å²) in [7, 11) is -2.35. The maximum absolute atomic E-state index is 12.6. The van der Waals surface area contributed by atoms with Crippen LogP contribution in [0.5, 0.6) is 5.75 Å². The third-order valence-corrected chi connectivity index (χ3v) is 5.36. The van der Waals surface area contributed by atoms with E-state index in [4.69, 9.17) is 17.3 Å². The van der Waals surface area contributed by atoms with Crippen molar-refractivity contribution in [2.45, 2.75) is 11.4 Å². The summed E-state index contributed by atoms with van der Waals surface area (Å²) < 4.78 is 26.3. The van der Waals surface area contributed by atoms with Gasteiger partial charge in [0, 0.05) is 13.6 Å². The predicted octanol–water partition coefficient (Wildman–Crippen LogP) is 2.45. The summed E-state index contributed by atoms with van der Waals surface area (Å²) in [6.45, 7) is 0.146. The number of phenolic OH excluding ortho intramolecular Hbond substituents is 1. The molecule has 0 atom stereocenters. The van der Waals surface area contributed by atoms with E-state index in [1.54, 1.807) is 18.2 Å². The van der Waals surface area contributed by atoms with Gasteiger partial charge in [-0.3, -0.25) is 0 Å². The molecule has 0 aliphatic carbocycles. The first kappa shape index (κ1) is 15.6. The van der Waals surface area contributed by atoms with E-state index in [9.17, 15) is 13.5 Å². The molecule has 0 unspecified atom stereocenters. The van der Waals surface area contributed by atoms with Crippen molar-refractivity contribution in [3.05, 3.63) is 53.1 Å². The molecule has 2 aromatic carbocycles. The highest BCUT2D eigenvalue weighted by Gasteiger charge is 2.26. The first-order chi connectivity index (χ1) is 9.82. The van der Waals surface area contributed by atoms with Crippen LogP contribution in [0.1, 0.15) is 5.56 Å². The van der Waals surface area contributed by atoms with E-state index in [1.165, 1.54) is 31.3 Å². The zero-order valence-electron chi connectivity index (χ0n) is 11.3. The SMILES string of the molecule is CN(Cc1ccc(O)cc1)S(=O)(=O)c1c(N)cccc1Cl. The maximum Gasteiger partial charge on any atom is 0.246 e. The molecule has 0 amide bonds. The lowest BCUT2D eigenvalue weighted by atomic mass is 10.2. The third kappa shape index (κ3) is 3.29. The van der Waals surface area contributed by atoms with E-state index in [0.717, 1.165) is 9.87 Å². The number of nitrogens with zero attached hydrogens (tertiary/aromatic N) is 1. The number of nitrogens with two attached hydrogens (primary N) is 1. The molecule has 3 N–H and O–H groups in total. The minimum atomic E-state index is -3.79. The minimum absolute atomic E-state index is 0.0899. The summed E-state index contributed by atoms with van der Waals surface area (Å²) >= 11 is 5.96. The van der Waals surface area contributed by atoms with Crippen LogP contribution < -0.4 is 5.73 Å². The zero-order chi connectivity index (χ0) is 15.6. The summed E-state index contributed by atoms with van der Waals surface area (Å²) in [6, 6.07) is 10.9. The molecular formula is C14H15ClN2O3S. The largest absolute Gasteiger partial charge is 0.508 e. The fourth-order valence-electron chi connectivity index (χ4n) is 1.90. The molecule has 0 bridgehead atoms. The summed E-state index contributed by atoms with van der Waals surface area (Å²) in [6.07, 6.45) is 0. The van der Waals surface area contributed by atoms with Gasteiger partial charge >= 0.3 is 0 Å². The van der Waals surface area contributed by atoms with Crippen LogP contribution in [-0.4, -0.2) is 24.9 Å². The molecule has 0 aliphatic heterocycles. The quantitative estimate of drug-likeness (QED) is 0.845. The standard InChI is InChI=1S/C14H15ClN2O3S/c1-17(9-10-5-7-11(18)8-6-10)21(19,20)14-12(15)3-2-4-13(14)16/h2-8,18H,9,16H2,1H3. The Morgan fingerprint density at radius 1 is 1.19 bits per heavy atom. The molecule has 0 aromatic heterocycles. The van der Waals surface area contributed by atoms with E-state index >= 15 is 0 Å². The van der Waals surface area contributed by atoms with Crippen molar-refractivity contribution in [1.29, 1.82) is 0 Å². The molecule has 5 nitrogen and oxygen atoms in total. The van der Waals surface area contributed by atoms with Crippen molar-refractivity contribution in [1.82, 2.24) is 4.31 Å². The Morgan fingerprint density at radius 2 is 1.81 bits per heavy atom. The smallest absolute Gasteiger partial charge is 0.246 e. The zero-order valence-corrected chi connectivity index (χ0v) is 12.9. The number of benzene rings is 2. The number of rotatable bonds is 4. The van der Waals surface area contributed by atoms with E-state index in [2.05, 4.69) is 0 Å². The fraction of sp³-hybridized carbons (Fsp3) is 0.143. The number of aromatic hydroxyl groups is 1. The average molecular weight is 327 g/mol. The van der Waals surface area contributed by atoms with Crippen LogP contribution in [-0.2, 0) is 16.6 Å². The van der Waals surface area contributed by atoms with Gasteiger partial charge in [0.05, 0.1) is 10.7 Å². The maximum atomic E-state index is 12.6. The first-order valence-electron chi connectivity index (χ1n) is 6.10. The topological polar surface area (TPSA) is 83.6 Å². The molecule has 0 fully saturated rings. The molecule has 112 valence electrons. The molecular weight excluding hydrogens is 312 g/mol. The summed E-state index contributed by atoms with van der Waals surface area (Å²) in [5.74, 6) is 0.125. The van der Waals surface area contributed by atoms with Gasteiger partial charge in [0.15, 0.2) is 0 Å². The van der Waals surface area contributed by atoms with Gasteiger partial charge in [-0.2, -0.15) is 4.31 Å². The Hall–Kier alpha value is -1.76. The fourth-order valence-corrected chi connectivity index (χ4v) is 3.68. The molecule has 2 rings (SSSR count). The average Bonchev–Trinajstić information content (AvgIpc) is 2.40. The van der Waals surface area contributed by atoms with E-state index < -0.39 is 10.0 Å². The van der Waals surface area contributed by atoms with Crippen molar-refractivity contribution in [2.24, 2.45) is 0 Å². The molecule has 2 aromatic rings. The second kappa shape index (κ2) is 5.93. The lowest BCUT2D eigenvalue weighted by Gasteiger charge is -2.19. The van der Waals surface area contributed by atoms with Gasteiger partial charge in [-0.05, 0) is 29.8 Å². The number of halogens is 1. The highest BCUT2D eigenvalue weighted by atomic mass is 35.5. The number of hydrogen-bond donors (Lipinski definition) is 2. The molecule has 0 saturated heterocycles. The summed E-state index contributed by atoms with van der Waals surface area (Å²) in [5, 5.41) is 9.33. The lowest BCUT2D eigenvalue weighted by molar-refractivity contribution is 0.464. The van der Waals surface area contributed by atoms with Crippen LogP contribution in [0.15, 0.2) is 47.4 Å². The van der Waals surface area contributed by atoms with Gasteiger partial charge < -0.3 is 10.8 Å². The molecule has 0 aliphatic rings. The monoisotopic (exact) mass is 326 g/mol. The number of sulfonamides is 1. The lowest BCUT2D eigenvalue weighted by Crippen LogP contribution is -2.27. The van der Waals surface area contributed by atoms with Crippen LogP contribution in [0.25, 0.3) is 0 Å². The van der Waals surface area contributed by atoms with Crippen LogP contribution in [0.3, 0.4) is 0 Å². The highest BCUT2D eigenvalue weighted by molar-refractivity contribution is 7.89. The minimum Gasteiger partial charge on any atom is -0.508 e. The Balaban J connectivity index is 2.33. The first-order valence-corrected chi connectivity index (χ1v) is 7.92. The molecule has 21 heavy (non-hydrogen) atoms. The molecule has 0 saturated carbocycles. The van der Waals surface area contributed by atoms with Crippen LogP contribution in [0.4, 0.5) is 5.69 Å². The van der Waals surface area contributed by atoms with Crippen LogP contribution in [0.2, 0.25) is 5.02 Å². The molecule has 0 radical (unpaired) electrons. The molecule has 7 heteroatoms. The van der Waals surface area contributed by atoms with Crippen LogP contribution >= 0.6 is 11.6 Å². The second-order valence-corrected chi connectivity index (χ2v) is 6.97. The third-order valence-electron chi connectivity index (χ3n) is 3.01. The van der Waals surface area contributed by atoms with Crippen LogP contribution in [0, 0.1) is 0 Å². The second-order valence-electron chi connectivity index (χ2n) is 4.59. The van der Waals surface area contributed by atoms with Gasteiger partial charge in [0.25, 0.3) is 0 Å². The van der Waals surface area contributed by atoms with E-state index in [1.807, 2.05) is 0 Å². The molecule has 0 spiro atoms. The Morgan fingerprint density at radius 3 is 2.38 bits per heavy atom. The predicted molar refractivity (Wildman–Crippen MR) is 82.6 cm³/mol. The Bertz CT molecular complexity index is 725. The number of phenols is 1. The van der Waals surface area contributed by atoms with Gasteiger partial charge in [-0.15, -0.1) is 0 Å². The molecule has 0 heterocycles. The Kier molecular flexibility index (Phi) is 4.41. The summed E-state index contributed by atoms with van der Waals surface area (Å²) in [5.41, 5.74) is 6.59. The van der Waals surface area contributed by atoms with Crippen molar-refractivity contribution < 1.29 is 13.5 Å². The number of hydrogen-bond acceptors (Lipinski definition) is 4. The number of anilines is 1.